The van der Waals surface area contributed by atoms with Gasteiger partial charge in [-0.1, -0.05) is 44.2 Å². The summed E-state index contributed by atoms with van der Waals surface area (Å²) < 4.78 is 6.80. The zero-order valence-electron chi connectivity index (χ0n) is 14.3. The van der Waals surface area contributed by atoms with E-state index in [9.17, 15) is 9.59 Å². The molecule has 0 aliphatic heterocycles. The number of thiophene rings is 1. The van der Waals surface area contributed by atoms with Crippen molar-refractivity contribution in [2.75, 3.05) is 0 Å². The highest BCUT2D eigenvalue weighted by atomic mass is 32.1. The van der Waals surface area contributed by atoms with Gasteiger partial charge in [0.2, 0.25) is 0 Å². The van der Waals surface area contributed by atoms with Crippen LogP contribution in [0.25, 0.3) is 10.2 Å². The molecule has 5 nitrogen and oxygen atoms in total. The summed E-state index contributed by atoms with van der Waals surface area (Å²) in [5, 5.41) is 0.568. The second-order valence-electron chi connectivity index (χ2n) is 5.76. The number of nitrogens with zero attached hydrogens (tertiary/aromatic N) is 2. The van der Waals surface area contributed by atoms with Crippen LogP contribution >= 0.6 is 11.3 Å². The van der Waals surface area contributed by atoms with Gasteiger partial charge in [0.05, 0.1) is 11.7 Å². The summed E-state index contributed by atoms with van der Waals surface area (Å²) in [4.78, 5) is 31.4. The number of fused-ring (bicyclic) bond motifs is 1. The first-order valence-electron chi connectivity index (χ1n) is 8.34. The fraction of sp³-hybridized carbons (Fsp3) is 0.316. The Morgan fingerprint density at radius 2 is 2.04 bits per heavy atom. The third-order valence-electron chi connectivity index (χ3n) is 4.09. The summed E-state index contributed by atoms with van der Waals surface area (Å²) in [6.45, 7) is 4.09. The van der Waals surface area contributed by atoms with Gasteiger partial charge in [-0.05, 0) is 24.5 Å². The van der Waals surface area contributed by atoms with Crippen LogP contribution in [-0.2, 0) is 22.6 Å². The first kappa shape index (κ1) is 17.4. The Bertz CT molecular complexity index is 931. The van der Waals surface area contributed by atoms with E-state index in [1.165, 1.54) is 22.2 Å². The van der Waals surface area contributed by atoms with Crippen LogP contribution in [0.5, 0.6) is 0 Å². The summed E-state index contributed by atoms with van der Waals surface area (Å²) in [6, 6.07) is 10.7. The second-order valence-corrected chi connectivity index (χ2v) is 6.87. The van der Waals surface area contributed by atoms with Crippen LogP contribution in [0.4, 0.5) is 0 Å². The van der Waals surface area contributed by atoms with Crippen molar-refractivity contribution >= 4 is 27.5 Å². The molecule has 0 aliphatic carbocycles. The average molecular weight is 356 g/mol. The molecule has 0 fully saturated rings. The minimum Gasteiger partial charge on any atom is -0.459 e. The summed E-state index contributed by atoms with van der Waals surface area (Å²) in [6.07, 6.45) is 2.78. The van der Waals surface area contributed by atoms with Crippen molar-refractivity contribution in [2.24, 2.45) is 0 Å². The number of esters is 1. The predicted molar refractivity (Wildman–Crippen MR) is 98.8 cm³/mol. The Labute approximate surface area is 149 Å². The van der Waals surface area contributed by atoms with Gasteiger partial charge in [0.1, 0.15) is 17.5 Å². The van der Waals surface area contributed by atoms with Crippen LogP contribution in [0.2, 0.25) is 0 Å². The number of aromatic nitrogens is 2. The molecule has 0 saturated carbocycles. The number of carbonyl (C=O) groups excluding carboxylic acids is 1. The Balaban J connectivity index is 1.84. The molecular formula is C19H20N2O3S. The molecular weight excluding hydrogens is 336 g/mol. The van der Waals surface area contributed by atoms with E-state index in [4.69, 9.17) is 4.74 Å². The largest absolute Gasteiger partial charge is 0.459 e. The van der Waals surface area contributed by atoms with Gasteiger partial charge in [-0.3, -0.25) is 9.36 Å². The fourth-order valence-electron chi connectivity index (χ4n) is 2.68. The molecule has 1 atom stereocenters. The van der Waals surface area contributed by atoms with Gasteiger partial charge in [0.15, 0.2) is 0 Å². The molecule has 0 amide bonds. The minimum atomic E-state index is -0.668. The Morgan fingerprint density at radius 1 is 1.28 bits per heavy atom. The van der Waals surface area contributed by atoms with Gasteiger partial charge in [-0.15, -0.1) is 11.3 Å². The zero-order chi connectivity index (χ0) is 17.8. The Hall–Kier alpha value is -2.47. The summed E-state index contributed by atoms with van der Waals surface area (Å²) >= 11 is 1.51. The lowest BCUT2D eigenvalue weighted by Crippen LogP contribution is -2.30. The second kappa shape index (κ2) is 7.61. The number of rotatable bonds is 6. The molecule has 0 aliphatic rings. The first-order chi connectivity index (χ1) is 12.1. The Morgan fingerprint density at radius 3 is 2.72 bits per heavy atom. The molecule has 1 unspecified atom stereocenters. The Kier molecular flexibility index (Phi) is 5.28. The van der Waals surface area contributed by atoms with Crippen molar-refractivity contribution in [2.45, 2.75) is 39.3 Å². The van der Waals surface area contributed by atoms with Crippen LogP contribution in [0.15, 0.2) is 47.5 Å². The standard InChI is InChI=1S/C19H20N2O3S/c1-3-14-10-15-17(25-14)20-12-21(18(15)22)16(4-2)19(23)24-11-13-8-6-5-7-9-13/h5-10,12,16H,3-4,11H2,1-2H3. The van der Waals surface area contributed by atoms with Crippen molar-refractivity contribution in [1.29, 1.82) is 0 Å². The number of hydrogen-bond donors (Lipinski definition) is 0. The van der Waals surface area contributed by atoms with E-state index in [0.717, 1.165) is 16.9 Å². The van der Waals surface area contributed by atoms with Crippen molar-refractivity contribution in [1.82, 2.24) is 9.55 Å². The fourth-order valence-corrected chi connectivity index (χ4v) is 3.61. The molecule has 0 saturated heterocycles. The monoisotopic (exact) mass is 356 g/mol. The number of aryl methyl sites for hydroxylation is 1. The van der Waals surface area contributed by atoms with Crippen LogP contribution in [-0.4, -0.2) is 15.5 Å². The molecule has 0 spiro atoms. The highest BCUT2D eigenvalue weighted by molar-refractivity contribution is 7.18. The summed E-state index contributed by atoms with van der Waals surface area (Å²) in [7, 11) is 0. The molecule has 2 heterocycles. The van der Waals surface area contributed by atoms with Crippen LogP contribution < -0.4 is 5.56 Å². The van der Waals surface area contributed by atoms with Gasteiger partial charge in [0.25, 0.3) is 5.56 Å². The van der Waals surface area contributed by atoms with Crippen molar-refractivity contribution in [3.8, 4) is 0 Å². The molecule has 0 bridgehead atoms. The third kappa shape index (κ3) is 3.64. The molecule has 130 valence electrons. The summed E-state index contributed by atoms with van der Waals surface area (Å²) in [5.41, 5.74) is 0.724. The van der Waals surface area contributed by atoms with E-state index in [1.807, 2.05) is 50.2 Å². The quantitative estimate of drug-likeness (QED) is 0.632. The van der Waals surface area contributed by atoms with E-state index >= 15 is 0 Å². The first-order valence-corrected chi connectivity index (χ1v) is 9.15. The summed E-state index contributed by atoms with van der Waals surface area (Å²) in [5.74, 6) is -0.416. The van der Waals surface area contributed by atoms with Crippen LogP contribution in [0, 0.1) is 0 Å². The van der Waals surface area contributed by atoms with Crippen molar-refractivity contribution < 1.29 is 9.53 Å². The number of ether oxygens (including phenoxy) is 1. The van der Waals surface area contributed by atoms with E-state index in [-0.39, 0.29) is 12.2 Å². The maximum absolute atomic E-state index is 12.8. The molecule has 2 aromatic heterocycles. The number of carbonyl (C=O) groups is 1. The number of hydrogen-bond acceptors (Lipinski definition) is 5. The maximum atomic E-state index is 12.8. The average Bonchev–Trinajstić information content (AvgIpc) is 3.07. The number of benzene rings is 1. The van der Waals surface area contributed by atoms with Crippen molar-refractivity contribution in [3.63, 3.8) is 0 Å². The SMILES string of the molecule is CCc1cc2c(=O)n(C(CC)C(=O)OCc3ccccc3)cnc2s1. The third-order valence-corrected chi connectivity index (χ3v) is 5.28. The lowest BCUT2D eigenvalue weighted by atomic mass is 10.2. The van der Waals surface area contributed by atoms with Gasteiger partial charge in [-0.25, -0.2) is 9.78 Å². The van der Waals surface area contributed by atoms with Gasteiger partial charge in [0, 0.05) is 4.88 Å². The van der Waals surface area contributed by atoms with Crippen LogP contribution in [0.1, 0.15) is 36.8 Å². The zero-order valence-corrected chi connectivity index (χ0v) is 15.1. The van der Waals surface area contributed by atoms with Crippen molar-refractivity contribution in [3.05, 3.63) is 63.5 Å². The molecule has 0 radical (unpaired) electrons. The predicted octanol–water partition coefficient (Wildman–Crippen LogP) is 3.71. The molecule has 0 N–H and O–H groups in total. The van der Waals surface area contributed by atoms with Gasteiger partial charge < -0.3 is 4.74 Å². The topological polar surface area (TPSA) is 61.2 Å². The van der Waals surface area contributed by atoms with Crippen LogP contribution in [0.3, 0.4) is 0 Å². The molecule has 3 aromatic rings. The van der Waals surface area contributed by atoms with E-state index in [1.54, 1.807) is 0 Å². The smallest absolute Gasteiger partial charge is 0.329 e. The molecule has 3 rings (SSSR count). The van der Waals surface area contributed by atoms with Gasteiger partial charge >= 0.3 is 5.97 Å². The minimum absolute atomic E-state index is 0.190. The molecule has 1 aromatic carbocycles. The lowest BCUT2D eigenvalue weighted by Gasteiger charge is -2.16. The van der Waals surface area contributed by atoms with E-state index < -0.39 is 12.0 Å². The normalized spacial score (nSPS) is 12.2. The van der Waals surface area contributed by atoms with E-state index in [2.05, 4.69) is 4.98 Å². The molecule has 6 heteroatoms. The highest BCUT2D eigenvalue weighted by Crippen LogP contribution is 2.22. The maximum Gasteiger partial charge on any atom is 0.329 e. The highest BCUT2D eigenvalue weighted by Gasteiger charge is 2.23. The lowest BCUT2D eigenvalue weighted by molar-refractivity contribution is -0.149. The van der Waals surface area contributed by atoms with E-state index in [0.29, 0.717) is 16.6 Å². The molecule has 25 heavy (non-hydrogen) atoms. The van der Waals surface area contributed by atoms with Gasteiger partial charge in [-0.2, -0.15) is 0 Å².